The van der Waals surface area contributed by atoms with Gasteiger partial charge in [-0.05, 0) is 47.7 Å². The number of amides is 1. The first-order valence-corrected chi connectivity index (χ1v) is 15.2. The van der Waals surface area contributed by atoms with Crippen LogP contribution in [0.4, 0.5) is 4.79 Å². The normalized spacial score (nSPS) is 23.2. The Morgan fingerprint density at radius 2 is 1.83 bits per heavy atom. The predicted octanol–water partition coefficient (Wildman–Crippen LogP) is 3.09. The van der Waals surface area contributed by atoms with Gasteiger partial charge in [-0.15, -0.1) is 0 Å². The van der Waals surface area contributed by atoms with Gasteiger partial charge in [-0.25, -0.2) is 13.2 Å². The van der Waals surface area contributed by atoms with E-state index in [4.69, 9.17) is 24.5 Å². The quantitative estimate of drug-likeness (QED) is 0.200. The first-order chi connectivity index (χ1) is 20.1. The summed E-state index contributed by atoms with van der Waals surface area (Å²) in [5.74, 6) is 0.0212. The number of aliphatic hydroxyl groups excluding tert-OH is 1. The second kappa shape index (κ2) is 14.2. The van der Waals surface area contributed by atoms with Crippen LogP contribution in [0.5, 0.6) is 5.75 Å². The number of benzene rings is 2. The zero-order valence-electron chi connectivity index (χ0n) is 23.8. The minimum Gasteiger partial charge on any atom is -0.497 e. The number of nitrogens with zero attached hydrogens (tertiary/aromatic N) is 4. The van der Waals surface area contributed by atoms with Crippen molar-refractivity contribution in [3.05, 3.63) is 70.6 Å². The van der Waals surface area contributed by atoms with Gasteiger partial charge in [-0.1, -0.05) is 49.3 Å². The van der Waals surface area contributed by atoms with Gasteiger partial charge in [0.05, 0.1) is 49.3 Å². The molecule has 2 aromatic carbocycles. The Kier molecular flexibility index (Phi) is 10.7. The number of rotatable bonds is 13. The van der Waals surface area contributed by atoms with Crippen LogP contribution < -0.4 is 10.1 Å². The van der Waals surface area contributed by atoms with Crippen LogP contribution in [-0.2, 0) is 30.7 Å². The van der Waals surface area contributed by atoms with Crippen LogP contribution >= 0.6 is 0 Å². The molecule has 0 spiro atoms. The highest BCUT2D eigenvalue weighted by Gasteiger charge is 2.49. The summed E-state index contributed by atoms with van der Waals surface area (Å²) in [7, 11) is -2.49. The van der Waals surface area contributed by atoms with Crippen LogP contribution in [0, 0.1) is 11.8 Å². The third-order valence-electron chi connectivity index (χ3n) is 7.23. The van der Waals surface area contributed by atoms with E-state index in [9.17, 15) is 18.3 Å². The zero-order valence-corrected chi connectivity index (χ0v) is 24.6. The summed E-state index contributed by atoms with van der Waals surface area (Å²) in [6.07, 6.45) is -3.26. The second-order valence-electron chi connectivity index (χ2n) is 10.7. The molecule has 2 fully saturated rings. The third-order valence-corrected chi connectivity index (χ3v) is 9.07. The Bertz CT molecular complexity index is 1340. The van der Waals surface area contributed by atoms with Crippen LogP contribution in [0.25, 0.3) is 10.4 Å². The first kappa shape index (κ1) is 31.5. The van der Waals surface area contributed by atoms with Crippen molar-refractivity contribution in [3.63, 3.8) is 0 Å². The summed E-state index contributed by atoms with van der Waals surface area (Å²) in [6.45, 7) is 3.87. The van der Waals surface area contributed by atoms with Gasteiger partial charge in [-0.3, -0.25) is 0 Å². The highest BCUT2D eigenvalue weighted by molar-refractivity contribution is 7.89. The average molecular weight is 604 g/mol. The van der Waals surface area contributed by atoms with Crippen molar-refractivity contribution in [2.45, 2.75) is 55.7 Å². The molecule has 14 heteroatoms. The van der Waals surface area contributed by atoms with Crippen molar-refractivity contribution >= 4 is 16.1 Å². The van der Waals surface area contributed by atoms with Gasteiger partial charge in [0.2, 0.25) is 10.0 Å². The van der Waals surface area contributed by atoms with Crippen molar-refractivity contribution in [2.24, 2.45) is 17.0 Å². The third kappa shape index (κ3) is 7.71. The van der Waals surface area contributed by atoms with E-state index in [1.807, 2.05) is 44.2 Å². The zero-order chi connectivity index (χ0) is 30.3. The summed E-state index contributed by atoms with van der Waals surface area (Å²) >= 11 is 0. The molecule has 6 atom stereocenters. The van der Waals surface area contributed by atoms with Crippen LogP contribution in [-0.4, -0.2) is 87.9 Å². The van der Waals surface area contributed by atoms with Crippen molar-refractivity contribution < 1.29 is 37.3 Å². The number of azide groups is 1. The molecule has 2 aromatic rings. The summed E-state index contributed by atoms with van der Waals surface area (Å²) in [6, 6.07) is 13.8. The van der Waals surface area contributed by atoms with Gasteiger partial charge < -0.3 is 29.4 Å². The van der Waals surface area contributed by atoms with Crippen LogP contribution in [0.3, 0.4) is 0 Å². The Balaban J connectivity index is 1.52. The van der Waals surface area contributed by atoms with Gasteiger partial charge in [0.15, 0.2) is 6.29 Å². The van der Waals surface area contributed by atoms with Gasteiger partial charge in [0.25, 0.3) is 0 Å². The Labute approximate surface area is 245 Å². The molecule has 2 aliphatic rings. The lowest BCUT2D eigenvalue weighted by atomic mass is 9.98. The summed E-state index contributed by atoms with van der Waals surface area (Å²) in [4.78, 5) is 16.0. The number of nitrogens with one attached hydrogen (secondary N) is 1. The van der Waals surface area contributed by atoms with Crippen molar-refractivity contribution in [1.29, 1.82) is 0 Å². The standard InChI is InChI=1S/C28H37N5O8S/c1-18(2)14-33(42(36,37)21-11-9-20(38-3)10-12-21)15-24(34)22(13-19-7-5-4-6-8-19)30-28(35)41-25-17-40-27-26(25)23(16-39-27)31-32-29/h4-12,18,22-27,34H,13-17H2,1-3H3,(H,30,35)/t22-,23-,24+,25-,26-,27+/m0/s1. The topological polar surface area (TPSA) is 172 Å². The Morgan fingerprint density at radius 1 is 1.14 bits per heavy atom. The molecular formula is C28H37N5O8S. The van der Waals surface area contributed by atoms with E-state index >= 15 is 0 Å². The maximum Gasteiger partial charge on any atom is 0.407 e. The van der Waals surface area contributed by atoms with Crippen molar-refractivity contribution in [3.8, 4) is 5.75 Å². The fourth-order valence-corrected chi connectivity index (χ4v) is 6.78. The van der Waals surface area contributed by atoms with E-state index in [0.29, 0.717) is 5.75 Å². The SMILES string of the molecule is COc1ccc(S(=O)(=O)N(CC(C)C)C[C@@H](O)[C@H](Cc2ccccc2)NC(=O)O[C@H]2CO[C@H]3OC[C@H](N=[N+]=[N-])[C@H]32)cc1. The number of carbonyl (C=O) groups is 1. The van der Waals surface area contributed by atoms with Crippen molar-refractivity contribution in [2.75, 3.05) is 33.4 Å². The Hall–Kier alpha value is -3.39. The molecule has 0 radical (unpaired) electrons. The van der Waals surface area contributed by atoms with Crippen LogP contribution in [0.15, 0.2) is 64.6 Å². The molecule has 228 valence electrons. The number of ether oxygens (including phenoxy) is 4. The number of hydrogen-bond acceptors (Lipinski definition) is 9. The van der Waals surface area contributed by atoms with E-state index < -0.39 is 52.6 Å². The van der Waals surface area contributed by atoms with Crippen LogP contribution in [0.1, 0.15) is 19.4 Å². The number of hydrogen-bond donors (Lipinski definition) is 2. The molecule has 4 rings (SSSR count). The highest BCUT2D eigenvalue weighted by Crippen LogP contribution is 2.35. The summed E-state index contributed by atoms with van der Waals surface area (Å²) < 4.78 is 50.3. The molecular weight excluding hydrogens is 566 g/mol. The minimum absolute atomic E-state index is 0.0383. The largest absolute Gasteiger partial charge is 0.497 e. The smallest absolute Gasteiger partial charge is 0.407 e. The lowest BCUT2D eigenvalue weighted by Gasteiger charge is -2.31. The maximum atomic E-state index is 13.6. The molecule has 0 unspecified atom stereocenters. The lowest BCUT2D eigenvalue weighted by Crippen LogP contribution is -2.52. The number of carbonyl (C=O) groups excluding carboxylic acids is 1. The number of aliphatic hydroxyl groups is 1. The number of sulfonamides is 1. The molecule has 13 nitrogen and oxygen atoms in total. The molecule has 2 saturated heterocycles. The molecule has 2 N–H and O–H groups in total. The second-order valence-corrected chi connectivity index (χ2v) is 12.7. The van der Waals surface area contributed by atoms with E-state index in [1.165, 1.54) is 23.5 Å². The average Bonchev–Trinajstić information content (AvgIpc) is 3.56. The van der Waals surface area contributed by atoms with E-state index in [0.717, 1.165) is 5.56 Å². The highest BCUT2D eigenvalue weighted by atomic mass is 32.2. The van der Waals surface area contributed by atoms with E-state index in [1.54, 1.807) is 12.1 Å². The van der Waals surface area contributed by atoms with E-state index in [2.05, 4.69) is 15.3 Å². The van der Waals surface area contributed by atoms with Crippen molar-refractivity contribution in [1.82, 2.24) is 9.62 Å². The molecule has 0 bridgehead atoms. The van der Waals surface area contributed by atoms with Gasteiger partial charge >= 0.3 is 6.09 Å². The molecule has 0 saturated carbocycles. The van der Waals surface area contributed by atoms with Gasteiger partial charge in [0, 0.05) is 18.0 Å². The fourth-order valence-electron chi connectivity index (χ4n) is 5.15. The molecule has 2 aliphatic heterocycles. The molecule has 0 aliphatic carbocycles. The number of methoxy groups -OCH3 is 1. The minimum atomic E-state index is -3.99. The Morgan fingerprint density at radius 3 is 2.48 bits per heavy atom. The number of alkyl carbamates (subject to hydrolysis) is 1. The first-order valence-electron chi connectivity index (χ1n) is 13.7. The van der Waals surface area contributed by atoms with Gasteiger partial charge in [-0.2, -0.15) is 4.31 Å². The van der Waals surface area contributed by atoms with Gasteiger partial charge in [0.1, 0.15) is 11.9 Å². The summed E-state index contributed by atoms with van der Waals surface area (Å²) in [5, 5.41) is 17.9. The predicted molar refractivity (Wildman–Crippen MR) is 152 cm³/mol. The molecule has 2 heterocycles. The molecule has 1 amide bonds. The fraction of sp³-hybridized carbons (Fsp3) is 0.536. The summed E-state index contributed by atoms with van der Waals surface area (Å²) in [5.41, 5.74) is 9.70. The van der Waals surface area contributed by atoms with Crippen LogP contribution in [0.2, 0.25) is 0 Å². The maximum absolute atomic E-state index is 13.6. The molecule has 0 aromatic heterocycles. The van der Waals surface area contributed by atoms with E-state index in [-0.39, 0.29) is 43.5 Å². The number of fused-ring (bicyclic) bond motifs is 1. The lowest BCUT2D eigenvalue weighted by molar-refractivity contribution is -0.0907. The monoisotopic (exact) mass is 603 g/mol. The molecule has 42 heavy (non-hydrogen) atoms.